The van der Waals surface area contributed by atoms with Crippen molar-refractivity contribution in [3.63, 3.8) is 0 Å². The molecule has 4 nitrogen and oxygen atoms in total. The van der Waals surface area contributed by atoms with E-state index >= 15 is 0 Å². The van der Waals surface area contributed by atoms with E-state index in [1.54, 1.807) is 30.3 Å². The van der Waals surface area contributed by atoms with Crippen LogP contribution in [0.4, 0.5) is 0 Å². The summed E-state index contributed by atoms with van der Waals surface area (Å²) < 4.78 is 5.64. The molecule has 4 heteroatoms. The van der Waals surface area contributed by atoms with E-state index < -0.39 is 5.97 Å². The lowest BCUT2D eigenvalue weighted by atomic mass is 10.1. The normalized spacial score (nSPS) is 10.1. The number of aliphatic carboxylic acids is 1. The fourth-order valence-electron chi connectivity index (χ4n) is 1.98. The Morgan fingerprint density at radius 1 is 1.00 bits per heavy atom. The Kier molecular flexibility index (Phi) is 4.72. The largest absolute Gasteiger partial charge is 0.489 e. The molecule has 0 aliphatic rings. The number of ether oxygens (including phenoxy) is 1. The maximum absolute atomic E-state index is 11.2. The van der Waals surface area contributed by atoms with E-state index in [2.05, 4.69) is 0 Å². The van der Waals surface area contributed by atoms with E-state index in [9.17, 15) is 9.59 Å². The van der Waals surface area contributed by atoms with Gasteiger partial charge in [0.25, 0.3) is 0 Å². The van der Waals surface area contributed by atoms with Crippen molar-refractivity contribution in [3.8, 4) is 5.75 Å². The Balaban J connectivity index is 2.06. The van der Waals surface area contributed by atoms with Gasteiger partial charge in [-0.2, -0.15) is 0 Å². The number of carbonyl (C=O) groups excluding carboxylic acids is 1. The van der Waals surface area contributed by atoms with Gasteiger partial charge in [-0.1, -0.05) is 24.3 Å². The summed E-state index contributed by atoms with van der Waals surface area (Å²) in [6.45, 7) is 1.81. The van der Waals surface area contributed by atoms with Crippen LogP contribution in [0.2, 0.25) is 0 Å². The summed E-state index contributed by atoms with van der Waals surface area (Å²) in [5.41, 5.74) is 2.22. The van der Waals surface area contributed by atoms with Gasteiger partial charge in [-0.15, -0.1) is 0 Å². The minimum atomic E-state index is -0.867. The Bertz CT molecular complexity index is 644. The quantitative estimate of drug-likeness (QED) is 0.828. The zero-order valence-corrected chi connectivity index (χ0v) is 11.7. The summed E-state index contributed by atoms with van der Waals surface area (Å²) >= 11 is 0. The van der Waals surface area contributed by atoms with Crippen LogP contribution in [0.25, 0.3) is 0 Å². The maximum atomic E-state index is 11.2. The predicted octanol–water partition coefficient (Wildman–Crippen LogP) is 3.10. The summed E-state index contributed by atoms with van der Waals surface area (Å²) in [4.78, 5) is 22.0. The number of ketones is 1. The van der Waals surface area contributed by atoms with Crippen molar-refractivity contribution in [2.24, 2.45) is 0 Å². The van der Waals surface area contributed by atoms with Gasteiger partial charge in [-0.05, 0) is 42.3 Å². The third-order valence-corrected chi connectivity index (χ3v) is 3.12. The second-order valence-corrected chi connectivity index (χ2v) is 4.71. The average molecular weight is 284 g/mol. The lowest BCUT2D eigenvalue weighted by molar-refractivity contribution is -0.136. The SMILES string of the molecule is CC(=O)c1ccc(OCc2ccccc2CC(=O)O)cc1. The Morgan fingerprint density at radius 3 is 2.19 bits per heavy atom. The molecule has 0 atom stereocenters. The van der Waals surface area contributed by atoms with Crippen LogP contribution in [0.3, 0.4) is 0 Å². The summed E-state index contributed by atoms with van der Waals surface area (Å²) in [6, 6.07) is 14.2. The van der Waals surface area contributed by atoms with E-state index in [4.69, 9.17) is 9.84 Å². The van der Waals surface area contributed by atoms with Gasteiger partial charge in [0.15, 0.2) is 5.78 Å². The van der Waals surface area contributed by atoms with Crippen LogP contribution >= 0.6 is 0 Å². The highest BCUT2D eigenvalue weighted by molar-refractivity contribution is 5.94. The van der Waals surface area contributed by atoms with Gasteiger partial charge in [0.2, 0.25) is 0 Å². The van der Waals surface area contributed by atoms with Crippen LogP contribution in [0, 0.1) is 0 Å². The molecule has 108 valence electrons. The van der Waals surface area contributed by atoms with Gasteiger partial charge in [0, 0.05) is 5.56 Å². The molecule has 0 saturated heterocycles. The minimum absolute atomic E-state index is 0.00774. The summed E-state index contributed by atoms with van der Waals surface area (Å²) in [5, 5.41) is 8.89. The van der Waals surface area contributed by atoms with E-state index in [1.807, 2.05) is 18.2 Å². The molecule has 0 spiro atoms. The fourth-order valence-corrected chi connectivity index (χ4v) is 1.98. The van der Waals surface area contributed by atoms with Crippen LogP contribution in [-0.4, -0.2) is 16.9 Å². The summed E-state index contributed by atoms with van der Waals surface area (Å²) in [5.74, 6) is -0.216. The van der Waals surface area contributed by atoms with Crippen LogP contribution in [0.5, 0.6) is 5.75 Å². The van der Waals surface area contributed by atoms with Crippen molar-refractivity contribution in [1.29, 1.82) is 0 Å². The predicted molar refractivity (Wildman–Crippen MR) is 78.6 cm³/mol. The topological polar surface area (TPSA) is 63.6 Å². The van der Waals surface area contributed by atoms with Gasteiger partial charge >= 0.3 is 5.97 Å². The number of rotatable bonds is 6. The molecule has 2 aromatic rings. The van der Waals surface area contributed by atoms with Crippen molar-refractivity contribution >= 4 is 11.8 Å². The Labute approximate surface area is 123 Å². The second-order valence-electron chi connectivity index (χ2n) is 4.71. The van der Waals surface area contributed by atoms with Gasteiger partial charge in [0.05, 0.1) is 6.42 Å². The molecule has 0 heterocycles. The highest BCUT2D eigenvalue weighted by Crippen LogP contribution is 2.16. The van der Waals surface area contributed by atoms with E-state index in [0.717, 1.165) is 11.1 Å². The van der Waals surface area contributed by atoms with Gasteiger partial charge in [-0.25, -0.2) is 0 Å². The maximum Gasteiger partial charge on any atom is 0.307 e. The molecule has 0 saturated carbocycles. The summed E-state index contributed by atoms with van der Waals surface area (Å²) in [6.07, 6.45) is -0.0250. The first kappa shape index (κ1) is 14.8. The van der Waals surface area contributed by atoms with Crippen molar-refractivity contribution in [3.05, 3.63) is 65.2 Å². The average Bonchev–Trinajstić information content (AvgIpc) is 2.46. The fraction of sp³-hybridized carbons (Fsp3) is 0.176. The van der Waals surface area contributed by atoms with E-state index in [-0.39, 0.29) is 12.2 Å². The molecule has 0 aliphatic carbocycles. The second kappa shape index (κ2) is 6.70. The lowest BCUT2D eigenvalue weighted by Gasteiger charge is -2.10. The highest BCUT2D eigenvalue weighted by atomic mass is 16.5. The van der Waals surface area contributed by atoms with Crippen LogP contribution in [-0.2, 0) is 17.8 Å². The van der Waals surface area contributed by atoms with Gasteiger partial charge in [-0.3, -0.25) is 9.59 Å². The molecule has 0 fully saturated rings. The van der Waals surface area contributed by atoms with Gasteiger partial charge in [0.1, 0.15) is 12.4 Å². The third-order valence-electron chi connectivity index (χ3n) is 3.12. The molecule has 0 radical (unpaired) electrons. The molecule has 1 N–H and O–H groups in total. The lowest BCUT2D eigenvalue weighted by Crippen LogP contribution is -2.06. The number of carboxylic acids is 1. The van der Waals surface area contributed by atoms with Crippen LogP contribution < -0.4 is 4.74 Å². The van der Waals surface area contributed by atoms with Crippen molar-refractivity contribution in [2.75, 3.05) is 0 Å². The molecule has 0 amide bonds. The zero-order chi connectivity index (χ0) is 15.2. The smallest absolute Gasteiger partial charge is 0.307 e. The minimum Gasteiger partial charge on any atom is -0.489 e. The number of hydrogen-bond donors (Lipinski definition) is 1. The molecule has 2 aromatic carbocycles. The van der Waals surface area contributed by atoms with Crippen LogP contribution in [0.1, 0.15) is 28.4 Å². The molecule has 0 aliphatic heterocycles. The first-order valence-corrected chi connectivity index (χ1v) is 6.58. The molecular formula is C17H16O4. The molecule has 0 bridgehead atoms. The molecular weight excluding hydrogens is 268 g/mol. The number of Topliss-reactive ketones (excluding diaryl/α,β-unsaturated/α-hetero) is 1. The van der Waals surface area contributed by atoms with E-state index in [0.29, 0.717) is 17.9 Å². The third kappa shape index (κ3) is 4.18. The molecule has 0 unspecified atom stereocenters. The van der Waals surface area contributed by atoms with Crippen LogP contribution in [0.15, 0.2) is 48.5 Å². The number of hydrogen-bond acceptors (Lipinski definition) is 3. The zero-order valence-electron chi connectivity index (χ0n) is 11.7. The first-order chi connectivity index (χ1) is 10.1. The molecule has 2 rings (SSSR count). The summed E-state index contributed by atoms with van der Waals surface area (Å²) in [7, 11) is 0. The number of benzene rings is 2. The monoisotopic (exact) mass is 284 g/mol. The first-order valence-electron chi connectivity index (χ1n) is 6.58. The van der Waals surface area contributed by atoms with Crippen molar-refractivity contribution in [2.45, 2.75) is 20.0 Å². The van der Waals surface area contributed by atoms with Crippen molar-refractivity contribution < 1.29 is 19.4 Å². The highest BCUT2D eigenvalue weighted by Gasteiger charge is 2.07. The molecule has 21 heavy (non-hydrogen) atoms. The van der Waals surface area contributed by atoms with Gasteiger partial charge < -0.3 is 9.84 Å². The number of carboxylic acid groups (broad SMARTS) is 1. The van der Waals surface area contributed by atoms with E-state index in [1.165, 1.54) is 6.92 Å². The Hall–Kier alpha value is -2.62. The number of carbonyl (C=O) groups is 2. The molecule has 0 aromatic heterocycles. The standard InChI is InChI=1S/C17H16O4/c1-12(18)13-6-8-16(9-7-13)21-11-15-5-3-2-4-14(15)10-17(19)20/h2-9H,10-11H2,1H3,(H,19,20). The van der Waals surface area contributed by atoms with Crippen molar-refractivity contribution in [1.82, 2.24) is 0 Å². The Morgan fingerprint density at radius 2 is 1.62 bits per heavy atom.